The molecule has 2 aromatic carbocycles. The fraction of sp³-hybridized carbons (Fsp3) is 0.519. The highest BCUT2D eigenvalue weighted by Crippen LogP contribution is 2.48. The lowest BCUT2D eigenvalue weighted by Crippen LogP contribution is -2.14. The molecule has 1 heteroatoms. The van der Waals surface area contributed by atoms with Gasteiger partial charge in [0.1, 0.15) is 5.78 Å². The predicted molar refractivity (Wildman–Crippen MR) is 117 cm³/mol. The highest BCUT2D eigenvalue weighted by Gasteiger charge is 2.37. The average Bonchev–Trinajstić information content (AvgIpc) is 3.49. The second-order valence-corrected chi connectivity index (χ2v) is 9.68. The van der Waals surface area contributed by atoms with Crippen LogP contribution in [0.15, 0.2) is 36.4 Å². The topological polar surface area (TPSA) is 17.1 Å². The molecule has 148 valence electrons. The van der Waals surface area contributed by atoms with Crippen molar-refractivity contribution < 1.29 is 4.79 Å². The van der Waals surface area contributed by atoms with Crippen molar-refractivity contribution in [1.29, 1.82) is 0 Å². The second-order valence-electron chi connectivity index (χ2n) is 9.68. The minimum absolute atomic E-state index is 0.421. The first kappa shape index (κ1) is 19.4. The number of hydrogen-bond donors (Lipinski definition) is 0. The lowest BCUT2D eigenvalue weighted by molar-refractivity contribution is -0.120. The fourth-order valence-corrected chi connectivity index (χ4v) is 5.13. The Kier molecular flexibility index (Phi) is 5.45. The zero-order valence-corrected chi connectivity index (χ0v) is 17.9. The normalized spacial score (nSPS) is 18.7. The van der Waals surface area contributed by atoms with Crippen molar-refractivity contribution in [1.82, 2.24) is 0 Å². The molecule has 28 heavy (non-hydrogen) atoms. The van der Waals surface area contributed by atoms with E-state index >= 15 is 0 Å². The number of hydrogen-bond acceptors (Lipinski definition) is 1. The average molecular weight is 375 g/mol. The Morgan fingerprint density at radius 3 is 1.29 bits per heavy atom. The summed E-state index contributed by atoms with van der Waals surface area (Å²) in [5.41, 5.74) is 8.06. The van der Waals surface area contributed by atoms with E-state index in [1.165, 1.54) is 59.1 Å². The van der Waals surface area contributed by atoms with E-state index in [0.717, 1.165) is 12.8 Å². The van der Waals surface area contributed by atoms with Crippen molar-refractivity contribution in [3.8, 4) is 0 Å². The summed E-state index contributed by atoms with van der Waals surface area (Å²) < 4.78 is 0. The van der Waals surface area contributed by atoms with Crippen LogP contribution in [0.1, 0.15) is 83.7 Å². The molecule has 2 aliphatic rings. The standard InChI is InChI=1S/C27H34O/c1-17-9-18(2)12-23(11-17)26(21-5-6-21)15-25(28)16-27(22-7-8-22)24-13-19(3)10-20(4)14-24/h9-14,21-22,26-27H,5-8,15-16H2,1-4H3/t26-,27+. The maximum atomic E-state index is 13.2. The predicted octanol–water partition coefficient (Wildman–Crippen LogP) is 6.96. The highest BCUT2D eigenvalue weighted by atomic mass is 16.1. The summed E-state index contributed by atoms with van der Waals surface area (Å²) in [6.07, 6.45) is 6.59. The first-order chi connectivity index (χ1) is 13.4. The number of carbonyl (C=O) groups is 1. The smallest absolute Gasteiger partial charge is 0.134 e. The van der Waals surface area contributed by atoms with E-state index in [4.69, 9.17) is 0 Å². The molecule has 2 atom stereocenters. The summed E-state index contributed by atoms with van der Waals surface area (Å²) in [5, 5.41) is 0. The van der Waals surface area contributed by atoms with Gasteiger partial charge in [0.15, 0.2) is 0 Å². The third-order valence-electron chi connectivity index (χ3n) is 6.62. The first-order valence-corrected chi connectivity index (χ1v) is 11.1. The quantitative estimate of drug-likeness (QED) is 0.488. The van der Waals surface area contributed by atoms with E-state index in [1.807, 2.05) is 0 Å². The van der Waals surface area contributed by atoms with Crippen LogP contribution >= 0.6 is 0 Å². The van der Waals surface area contributed by atoms with Crippen molar-refractivity contribution >= 4 is 5.78 Å². The summed E-state index contributed by atoms with van der Waals surface area (Å²) in [6, 6.07) is 13.7. The molecule has 0 N–H and O–H groups in total. The van der Waals surface area contributed by atoms with Crippen LogP contribution < -0.4 is 0 Å². The van der Waals surface area contributed by atoms with Crippen molar-refractivity contribution in [3.05, 3.63) is 69.8 Å². The fourth-order valence-electron chi connectivity index (χ4n) is 5.13. The van der Waals surface area contributed by atoms with Crippen molar-refractivity contribution in [3.63, 3.8) is 0 Å². The molecule has 0 radical (unpaired) electrons. The Hall–Kier alpha value is -1.89. The van der Waals surface area contributed by atoms with Crippen LogP contribution in [0.2, 0.25) is 0 Å². The molecule has 1 nitrogen and oxygen atoms in total. The third-order valence-corrected chi connectivity index (χ3v) is 6.62. The summed E-state index contributed by atoms with van der Waals surface area (Å²) in [4.78, 5) is 13.2. The van der Waals surface area contributed by atoms with Crippen molar-refractivity contribution in [2.45, 2.75) is 78.1 Å². The number of Topliss-reactive ketones (excluding diaryl/α,β-unsaturated/α-hetero) is 1. The molecule has 0 aliphatic heterocycles. The molecule has 2 saturated carbocycles. The van der Waals surface area contributed by atoms with Gasteiger partial charge >= 0.3 is 0 Å². The molecule has 2 aliphatic carbocycles. The van der Waals surface area contributed by atoms with Gasteiger partial charge in [0.2, 0.25) is 0 Å². The largest absolute Gasteiger partial charge is 0.300 e. The van der Waals surface area contributed by atoms with Gasteiger partial charge in [-0.2, -0.15) is 0 Å². The van der Waals surface area contributed by atoms with Gasteiger partial charge in [0.05, 0.1) is 0 Å². The SMILES string of the molecule is Cc1cc(C)cc([C@@H](CC(=O)C[C@@H](c2cc(C)cc(C)c2)C2CC2)C2CC2)c1. The molecule has 4 rings (SSSR count). The molecular formula is C27H34O. The molecule has 0 saturated heterocycles. The molecule has 0 heterocycles. The Balaban J connectivity index is 1.51. The minimum Gasteiger partial charge on any atom is -0.300 e. The van der Waals surface area contributed by atoms with Crippen molar-refractivity contribution in [2.75, 3.05) is 0 Å². The van der Waals surface area contributed by atoms with E-state index < -0.39 is 0 Å². The maximum absolute atomic E-state index is 13.2. The van der Waals surface area contributed by atoms with Crippen molar-refractivity contribution in [2.24, 2.45) is 11.8 Å². The van der Waals surface area contributed by atoms with Crippen LogP contribution in [0, 0.1) is 39.5 Å². The monoisotopic (exact) mass is 374 g/mol. The van der Waals surface area contributed by atoms with Crippen LogP contribution in [-0.2, 0) is 4.79 Å². The van der Waals surface area contributed by atoms with Gasteiger partial charge in [0, 0.05) is 12.8 Å². The highest BCUT2D eigenvalue weighted by molar-refractivity contribution is 5.80. The molecule has 0 spiro atoms. The van der Waals surface area contributed by atoms with Crippen LogP contribution in [0.25, 0.3) is 0 Å². The van der Waals surface area contributed by atoms with E-state index in [9.17, 15) is 4.79 Å². The van der Waals surface area contributed by atoms with E-state index in [0.29, 0.717) is 29.5 Å². The number of benzene rings is 2. The molecule has 0 amide bonds. The molecule has 0 aromatic heterocycles. The van der Waals surface area contributed by atoms with Gasteiger partial charge < -0.3 is 0 Å². The third kappa shape index (κ3) is 4.74. The summed E-state index contributed by atoms with van der Waals surface area (Å²) >= 11 is 0. The van der Waals surface area contributed by atoms with E-state index in [2.05, 4.69) is 64.1 Å². The Morgan fingerprint density at radius 2 is 1.00 bits per heavy atom. The maximum Gasteiger partial charge on any atom is 0.134 e. The zero-order valence-electron chi connectivity index (χ0n) is 17.9. The molecule has 2 aromatic rings. The lowest BCUT2D eigenvalue weighted by Gasteiger charge is -2.21. The van der Waals surface area contributed by atoms with E-state index in [-0.39, 0.29) is 0 Å². The number of ketones is 1. The summed E-state index contributed by atoms with van der Waals surface area (Å²) in [6.45, 7) is 8.69. The Morgan fingerprint density at radius 1 is 0.679 bits per heavy atom. The van der Waals surface area contributed by atoms with Gasteiger partial charge in [-0.1, -0.05) is 58.7 Å². The van der Waals surface area contributed by atoms with Gasteiger partial charge in [-0.3, -0.25) is 4.79 Å². The van der Waals surface area contributed by atoms with Crippen LogP contribution in [-0.4, -0.2) is 5.78 Å². The molecule has 0 unspecified atom stereocenters. The summed E-state index contributed by atoms with van der Waals surface area (Å²) in [5.74, 6) is 2.74. The molecular weight excluding hydrogens is 340 g/mol. The Labute approximate surface area is 170 Å². The summed E-state index contributed by atoms with van der Waals surface area (Å²) in [7, 11) is 0. The number of carbonyl (C=O) groups excluding carboxylic acids is 1. The van der Waals surface area contributed by atoms with E-state index in [1.54, 1.807) is 0 Å². The lowest BCUT2D eigenvalue weighted by atomic mass is 9.82. The van der Waals surface area contributed by atoms with Gasteiger partial charge in [0.25, 0.3) is 0 Å². The minimum atomic E-state index is 0.421. The Bertz CT molecular complexity index is 758. The zero-order chi connectivity index (χ0) is 19.8. The van der Waals surface area contributed by atoms with Gasteiger partial charge in [-0.25, -0.2) is 0 Å². The van der Waals surface area contributed by atoms with Gasteiger partial charge in [-0.15, -0.1) is 0 Å². The number of aryl methyl sites for hydroxylation is 4. The van der Waals surface area contributed by atoms with Crippen LogP contribution in [0.5, 0.6) is 0 Å². The van der Waals surface area contributed by atoms with Gasteiger partial charge in [-0.05, 0) is 88.2 Å². The molecule has 2 fully saturated rings. The van der Waals surface area contributed by atoms with Crippen LogP contribution in [0.4, 0.5) is 0 Å². The second kappa shape index (κ2) is 7.85. The van der Waals surface area contributed by atoms with Crippen LogP contribution in [0.3, 0.4) is 0 Å². The number of rotatable bonds is 8. The first-order valence-electron chi connectivity index (χ1n) is 11.1. The molecule has 0 bridgehead atoms.